The van der Waals surface area contributed by atoms with Crippen molar-refractivity contribution < 1.29 is 22.7 Å². The zero-order chi connectivity index (χ0) is 15.3. The molecule has 1 aliphatic rings. The summed E-state index contributed by atoms with van der Waals surface area (Å²) in [4.78, 5) is 12.0. The first-order chi connectivity index (χ1) is 8.96. The van der Waals surface area contributed by atoms with Crippen molar-refractivity contribution in [3.05, 3.63) is 22.4 Å². The van der Waals surface area contributed by atoms with Crippen LogP contribution in [0, 0.1) is 0 Å². The molecule has 1 fully saturated rings. The monoisotopic (exact) mass is 353 g/mol. The summed E-state index contributed by atoms with van der Waals surface area (Å²) in [6.07, 6.45) is -3.86. The maximum atomic E-state index is 13.2. The number of carbonyl (C=O) groups is 1. The Labute approximate surface area is 123 Å². The van der Waals surface area contributed by atoms with E-state index in [-0.39, 0.29) is 18.5 Å². The molecule has 20 heavy (non-hydrogen) atoms. The quantitative estimate of drug-likeness (QED) is 0.737. The number of aromatic nitrogens is 1. The molecule has 0 atom stereocenters. The third-order valence-corrected chi connectivity index (χ3v) is 3.59. The molecule has 0 N–H and O–H groups in total. The largest absolute Gasteiger partial charge is 0.443 e. The third kappa shape index (κ3) is 2.73. The molecule has 1 heterocycles. The fourth-order valence-electron chi connectivity index (χ4n) is 2.07. The van der Waals surface area contributed by atoms with Crippen molar-refractivity contribution in [3.63, 3.8) is 0 Å². The van der Waals surface area contributed by atoms with Gasteiger partial charge in [-0.2, -0.15) is 13.2 Å². The van der Waals surface area contributed by atoms with Gasteiger partial charge in [-0.3, -0.25) is 4.57 Å². The van der Waals surface area contributed by atoms with E-state index >= 15 is 0 Å². The van der Waals surface area contributed by atoms with Gasteiger partial charge in [0.15, 0.2) is 0 Å². The maximum Gasteiger partial charge on any atom is 0.418 e. The molecule has 0 aliphatic heterocycles. The predicted octanol–water partition coefficient (Wildman–Crippen LogP) is 4.63. The molecule has 2 rings (SSSR count). The highest BCUT2D eigenvalue weighted by molar-refractivity contribution is 9.10. The van der Waals surface area contributed by atoms with Crippen LogP contribution in [0.1, 0.15) is 39.3 Å². The summed E-state index contributed by atoms with van der Waals surface area (Å²) in [6.45, 7) is 5.00. The van der Waals surface area contributed by atoms with Gasteiger partial charge in [-0.15, -0.1) is 0 Å². The van der Waals surface area contributed by atoms with Gasteiger partial charge in [0.2, 0.25) is 0 Å². The van der Waals surface area contributed by atoms with Crippen LogP contribution >= 0.6 is 15.9 Å². The molecule has 0 unspecified atom stereocenters. The molecular formula is C13H15BrF3NO2. The highest BCUT2D eigenvalue weighted by atomic mass is 79.9. The number of rotatable bonds is 1. The fraction of sp³-hybridized carbons (Fsp3) is 0.615. The van der Waals surface area contributed by atoms with E-state index in [0.29, 0.717) is 4.47 Å². The van der Waals surface area contributed by atoms with E-state index in [0.717, 1.165) is 4.57 Å². The van der Waals surface area contributed by atoms with Gasteiger partial charge < -0.3 is 4.74 Å². The molecule has 1 saturated carbocycles. The first-order valence-electron chi connectivity index (χ1n) is 6.15. The van der Waals surface area contributed by atoms with Crippen LogP contribution in [0.2, 0.25) is 0 Å². The van der Waals surface area contributed by atoms with Crippen molar-refractivity contribution in [3.8, 4) is 0 Å². The average Bonchev–Trinajstić information content (AvgIpc) is 2.94. The van der Waals surface area contributed by atoms with Crippen LogP contribution in [0.4, 0.5) is 18.0 Å². The predicted molar refractivity (Wildman–Crippen MR) is 70.7 cm³/mol. The molecule has 1 aromatic rings. The Morgan fingerprint density at radius 1 is 1.35 bits per heavy atom. The number of ether oxygens (including phenoxy) is 1. The van der Waals surface area contributed by atoms with E-state index in [1.54, 1.807) is 20.8 Å². The normalized spacial score (nSPS) is 17.9. The summed E-state index contributed by atoms with van der Waals surface area (Å²) >= 11 is 3.12. The van der Waals surface area contributed by atoms with Crippen LogP contribution in [0.5, 0.6) is 0 Å². The molecule has 0 aromatic carbocycles. The minimum Gasteiger partial charge on any atom is -0.443 e. The zero-order valence-electron chi connectivity index (χ0n) is 11.3. The van der Waals surface area contributed by atoms with Crippen LogP contribution in [-0.2, 0) is 10.2 Å². The molecule has 1 aromatic heterocycles. The number of halogens is 4. The number of carbonyl (C=O) groups excluding carboxylic acids is 1. The molecule has 0 amide bonds. The van der Waals surface area contributed by atoms with Gasteiger partial charge in [0.05, 0.1) is 0 Å². The Bertz CT molecular complexity index is 539. The summed E-state index contributed by atoms with van der Waals surface area (Å²) in [5.41, 5.74) is -2.75. The summed E-state index contributed by atoms with van der Waals surface area (Å²) in [7, 11) is 0. The molecule has 3 nitrogen and oxygen atoms in total. The fourth-order valence-corrected chi connectivity index (χ4v) is 2.49. The van der Waals surface area contributed by atoms with Crippen LogP contribution in [-0.4, -0.2) is 22.4 Å². The maximum absolute atomic E-state index is 13.2. The van der Waals surface area contributed by atoms with Crippen molar-refractivity contribution in [2.75, 3.05) is 0 Å². The first kappa shape index (κ1) is 15.4. The molecule has 0 spiro atoms. The minimum atomic E-state index is -4.37. The Morgan fingerprint density at radius 2 is 1.90 bits per heavy atom. The van der Waals surface area contributed by atoms with Crippen LogP contribution in [0.3, 0.4) is 0 Å². The van der Waals surface area contributed by atoms with Gasteiger partial charge in [0.1, 0.15) is 11.0 Å². The highest BCUT2D eigenvalue weighted by Crippen LogP contribution is 2.59. The Hall–Kier alpha value is -0.980. The Balaban J connectivity index is 2.40. The van der Waals surface area contributed by atoms with Crippen molar-refractivity contribution in [2.24, 2.45) is 0 Å². The topological polar surface area (TPSA) is 31.2 Å². The lowest BCUT2D eigenvalue weighted by Gasteiger charge is -2.23. The number of nitrogens with zero attached hydrogens (tertiary/aromatic N) is 1. The van der Waals surface area contributed by atoms with Gasteiger partial charge in [-0.1, -0.05) is 0 Å². The minimum absolute atomic E-state index is 0.00422. The molecule has 0 radical (unpaired) electrons. The van der Waals surface area contributed by atoms with Crippen molar-refractivity contribution in [1.29, 1.82) is 0 Å². The SMILES string of the molecule is CC(C)(C)OC(=O)n1cc(Br)cc1C1(C(F)(F)F)CC1. The number of alkyl halides is 3. The van der Waals surface area contributed by atoms with Gasteiger partial charge in [-0.05, 0) is 55.6 Å². The van der Waals surface area contributed by atoms with Crippen molar-refractivity contribution >= 4 is 22.0 Å². The molecule has 0 bridgehead atoms. The van der Waals surface area contributed by atoms with Gasteiger partial charge >= 0.3 is 12.3 Å². The summed E-state index contributed by atoms with van der Waals surface area (Å²) in [5.74, 6) is 0. The zero-order valence-corrected chi connectivity index (χ0v) is 12.9. The highest BCUT2D eigenvalue weighted by Gasteiger charge is 2.66. The van der Waals surface area contributed by atoms with Gasteiger partial charge in [0.25, 0.3) is 0 Å². The van der Waals surface area contributed by atoms with E-state index in [1.807, 2.05) is 0 Å². The lowest BCUT2D eigenvalue weighted by atomic mass is 10.0. The lowest BCUT2D eigenvalue weighted by Crippen LogP contribution is -2.34. The standard InChI is InChI=1S/C13H15BrF3NO2/c1-11(2,3)20-10(19)18-7-8(14)6-9(18)12(4-5-12)13(15,16)17/h6-7H,4-5H2,1-3H3. The Kier molecular flexibility index (Phi) is 3.48. The summed E-state index contributed by atoms with van der Waals surface area (Å²) in [5, 5.41) is 0. The molecular weight excluding hydrogens is 339 g/mol. The van der Waals surface area contributed by atoms with E-state index in [4.69, 9.17) is 4.74 Å². The van der Waals surface area contributed by atoms with Gasteiger partial charge in [-0.25, -0.2) is 4.79 Å². The van der Waals surface area contributed by atoms with Crippen molar-refractivity contribution in [1.82, 2.24) is 4.57 Å². The number of hydrogen-bond donors (Lipinski definition) is 0. The average molecular weight is 354 g/mol. The van der Waals surface area contributed by atoms with Crippen LogP contribution in [0.25, 0.3) is 0 Å². The van der Waals surface area contributed by atoms with E-state index in [2.05, 4.69) is 15.9 Å². The third-order valence-electron chi connectivity index (χ3n) is 3.16. The summed E-state index contributed by atoms with van der Waals surface area (Å²) < 4.78 is 46.1. The molecule has 1 aliphatic carbocycles. The second kappa shape index (κ2) is 4.51. The van der Waals surface area contributed by atoms with E-state index < -0.39 is 23.3 Å². The first-order valence-corrected chi connectivity index (χ1v) is 6.94. The van der Waals surface area contributed by atoms with Gasteiger partial charge in [0, 0.05) is 16.4 Å². The van der Waals surface area contributed by atoms with E-state index in [1.165, 1.54) is 12.3 Å². The van der Waals surface area contributed by atoms with Crippen molar-refractivity contribution in [2.45, 2.75) is 50.8 Å². The Morgan fingerprint density at radius 3 is 2.30 bits per heavy atom. The molecule has 0 saturated heterocycles. The molecule has 112 valence electrons. The second-order valence-electron chi connectivity index (χ2n) is 5.97. The second-order valence-corrected chi connectivity index (χ2v) is 6.89. The van der Waals surface area contributed by atoms with E-state index in [9.17, 15) is 18.0 Å². The van der Waals surface area contributed by atoms with Crippen LogP contribution < -0.4 is 0 Å². The smallest absolute Gasteiger partial charge is 0.418 e. The summed E-state index contributed by atoms with van der Waals surface area (Å²) in [6, 6.07) is 1.34. The number of hydrogen-bond acceptors (Lipinski definition) is 2. The lowest BCUT2D eigenvalue weighted by molar-refractivity contribution is -0.161. The van der Waals surface area contributed by atoms with Crippen LogP contribution in [0.15, 0.2) is 16.7 Å². The molecule has 7 heteroatoms.